The second-order valence-corrected chi connectivity index (χ2v) is 12.0. The molecule has 3 aromatic heterocycles. The van der Waals surface area contributed by atoms with Gasteiger partial charge in [0.1, 0.15) is 11.5 Å². The summed E-state index contributed by atoms with van der Waals surface area (Å²) in [5.74, 6) is 0.743. The third-order valence-electron chi connectivity index (χ3n) is 6.96. The number of imidazole rings is 1. The Kier molecular flexibility index (Phi) is 5.71. The van der Waals surface area contributed by atoms with Crippen molar-refractivity contribution in [2.45, 2.75) is 49.5 Å². The maximum absolute atomic E-state index is 13.0. The molecule has 3 heterocycles. The number of sulfone groups is 1. The van der Waals surface area contributed by atoms with Crippen LogP contribution in [0.3, 0.4) is 0 Å². The molecule has 2 aliphatic carbocycles. The lowest BCUT2D eigenvalue weighted by molar-refractivity contribution is -0.117. The van der Waals surface area contributed by atoms with Gasteiger partial charge in [0.05, 0.1) is 22.8 Å². The summed E-state index contributed by atoms with van der Waals surface area (Å²) in [4.78, 5) is 26.5. The topological polar surface area (TPSA) is 118 Å². The minimum atomic E-state index is -3.55. The van der Waals surface area contributed by atoms with Gasteiger partial charge in [0, 0.05) is 48.1 Å². The van der Waals surface area contributed by atoms with Crippen LogP contribution in [0.5, 0.6) is 0 Å². The van der Waals surface area contributed by atoms with Crippen molar-refractivity contribution in [2.75, 3.05) is 16.9 Å². The zero-order chi connectivity index (χ0) is 25.7. The number of aromatic nitrogens is 4. The summed E-state index contributed by atoms with van der Waals surface area (Å²) in [6.07, 6.45) is 10.1. The second-order valence-electron chi connectivity index (χ2n) is 10.1. The number of benzene rings is 1. The molecule has 2 fully saturated rings. The number of rotatable bonds is 8. The molecular weight excluding hydrogens is 488 g/mol. The highest BCUT2D eigenvalue weighted by Crippen LogP contribution is 2.46. The first-order valence-corrected chi connectivity index (χ1v) is 14.3. The molecular formula is C27H28N6O3S. The van der Waals surface area contributed by atoms with Crippen LogP contribution in [0.2, 0.25) is 0 Å². The van der Waals surface area contributed by atoms with Crippen LogP contribution < -0.4 is 10.6 Å². The zero-order valence-electron chi connectivity index (χ0n) is 20.7. The van der Waals surface area contributed by atoms with Crippen LogP contribution in [0.1, 0.15) is 53.9 Å². The molecule has 2 atom stereocenters. The number of amides is 1. The van der Waals surface area contributed by atoms with E-state index >= 15 is 0 Å². The Labute approximate surface area is 215 Å². The van der Waals surface area contributed by atoms with Gasteiger partial charge in [-0.05, 0) is 68.0 Å². The van der Waals surface area contributed by atoms with E-state index in [4.69, 9.17) is 0 Å². The third kappa shape index (κ3) is 5.06. The minimum absolute atomic E-state index is 0.0571. The summed E-state index contributed by atoms with van der Waals surface area (Å²) in [6, 6.07) is 10.9. The van der Waals surface area contributed by atoms with Crippen LogP contribution in [0.15, 0.2) is 59.9 Å². The molecule has 1 amide bonds. The number of carbonyl (C=O) groups excluding carboxylic acids is 1. The fourth-order valence-electron chi connectivity index (χ4n) is 4.70. The predicted molar refractivity (Wildman–Crippen MR) is 140 cm³/mol. The van der Waals surface area contributed by atoms with E-state index in [1.807, 2.05) is 29.7 Å². The van der Waals surface area contributed by atoms with Crippen LogP contribution in [0.25, 0.3) is 5.65 Å². The molecule has 0 radical (unpaired) electrons. The van der Waals surface area contributed by atoms with Gasteiger partial charge in [-0.1, -0.05) is 6.07 Å². The molecule has 10 heteroatoms. The third-order valence-corrected chi connectivity index (χ3v) is 8.11. The number of aryl methyl sites for hydroxylation is 1. The highest BCUT2D eigenvalue weighted by Gasteiger charge is 2.46. The van der Waals surface area contributed by atoms with E-state index in [0.29, 0.717) is 30.4 Å². The molecule has 0 saturated heterocycles. The molecule has 2 N–H and O–H groups in total. The van der Waals surface area contributed by atoms with Gasteiger partial charge in [-0.3, -0.25) is 4.79 Å². The van der Waals surface area contributed by atoms with Gasteiger partial charge in [-0.15, -0.1) is 0 Å². The van der Waals surface area contributed by atoms with Gasteiger partial charge < -0.3 is 15.0 Å². The van der Waals surface area contributed by atoms with E-state index in [1.165, 1.54) is 24.5 Å². The van der Waals surface area contributed by atoms with E-state index in [1.54, 1.807) is 18.3 Å². The number of carbonyl (C=O) groups is 1. The summed E-state index contributed by atoms with van der Waals surface area (Å²) < 4.78 is 26.9. The summed E-state index contributed by atoms with van der Waals surface area (Å²) in [7, 11) is -3.55. The standard InChI is InChI=1S/C27H28N6O3S/c1-16-9-10-28-26(30-16)21-12-22(21)27(34)32-23-11-19(6-7-24(23)37(2,35)36)29-13-20-15-33-14-18(17-3-4-17)5-8-25(33)31-20/h5-11,14-15,17,21-22,29H,3-4,12-13H2,1-2H3,(H,32,34). The van der Waals surface area contributed by atoms with Gasteiger partial charge in [0.15, 0.2) is 9.84 Å². The summed E-state index contributed by atoms with van der Waals surface area (Å²) in [5.41, 5.74) is 4.89. The van der Waals surface area contributed by atoms with Crippen molar-refractivity contribution in [3.8, 4) is 0 Å². The van der Waals surface area contributed by atoms with Crippen molar-refractivity contribution in [3.05, 3.63) is 77.8 Å². The molecule has 37 heavy (non-hydrogen) atoms. The first-order valence-electron chi connectivity index (χ1n) is 12.4. The van der Waals surface area contributed by atoms with Gasteiger partial charge in [0.25, 0.3) is 0 Å². The second kappa shape index (κ2) is 8.95. The van der Waals surface area contributed by atoms with Crippen LogP contribution in [-0.2, 0) is 21.2 Å². The molecule has 6 rings (SSSR count). The maximum atomic E-state index is 13.0. The lowest BCUT2D eigenvalue weighted by atomic mass is 10.2. The fraction of sp³-hybridized carbons (Fsp3) is 0.333. The molecule has 9 nitrogen and oxygen atoms in total. The summed E-state index contributed by atoms with van der Waals surface area (Å²) in [6.45, 7) is 2.35. The number of nitrogens with zero attached hydrogens (tertiary/aromatic N) is 4. The van der Waals surface area contributed by atoms with Crippen molar-refractivity contribution in [1.82, 2.24) is 19.4 Å². The molecule has 2 unspecified atom stereocenters. The molecule has 4 aromatic rings. The molecule has 190 valence electrons. The van der Waals surface area contributed by atoms with E-state index in [-0.39, 0.29) is 28.3 Å². The SMILES string of the molecule is Cc1ccnc(C2CC2C(=O)Nc2cc(NCc3cn4cc(C5CC5)ccc4n3)ccc2S(C)(=O)=O)n1. The van der Waals surface area contributed by atoms with Crippen LogP contribution in [0, 0.1) is 12.8 Å². The molecule has 1 aromatic carbocycles. The van der Waals surface area contributed by atoms with Gasteiger partial charge in [-0.25, -0.2) is 23.4 Å². The molecule has 2 aliphatic rings. The lowest BCUT2D eigenvalue weighted by Crippen LogP contribution is -2.17. The van der Waals surface area contributed by atoms with Gasteiger partial charge >= 0.3 is 0 Å². The van der Waals surface area contributed by atoms with Crippen LogP contribution in [-0.4, -0.2) is 39.9 Å². The van der Waals surface area contributed by atoms with E-state index in [2.05, 4.69) is 37.8 Å². The van der Waals surface area contributed by atoms with Crippen molar-refractivity contribution in [1.29, 1.82) is 0 Å². The number of nitrogens with one attached hydrogen (secondary N) is 2. The van der Waals surface area contributed by atoms with Crippen molar-refractivity contribution in [3.63, 3.8) is 0 Å². The fourth-order valence-corrected chi connectivity index (χ4v) is 5.53. The number of anilines is 2. The normalized spacial score (nSPS) is 19.1. The quantitative estimate of drug-likeness (QED) is 0.362. The first kappa shape index (κ1) is 23.6. The predicted octanol–water partition coefficient (Wildman–Crippen LogP) is 4.07. The van der Waals surface area contributed by atoms with E-state index < -0.39 is 9.84 Å². The zero-order valence-corrected chi connectivity index (χ0v) is 21.5. The Morgan fingerprint density at radius 3 is 2.70 bits per heavy atom. The van der Waals surface area contributed by atoms with E-state index in [0.717, 1.165) is 23.3 Å². The summed E-state index contributed by atoms with van der Waals surface area (Å²) in [5, 5.41) is 6.15. The largest absolute Gasteiger partial charge is 0.379 e. The van der Waals surface area contributed by atoms with E-state index in [9.17, 15) is 13.2 Å². The number of hydrogen-bond donors (Lipinski definition) is 2. The van der Waals surface area contributed by atoms with Crippen LogP contribution >= 0.6 is 0 Å². The van der Waals surface area contributed by atoms with Crippen molar-refractivity contribution < 1.29 is 13.2 Å². The van der Waals surface area contributed by atoms with Crippen molar-refractivity contribution in [2.24, 2.45) is 5.92 Å². The Hall–Kier alpha value is -3.79. The highest BCUT2D eigenvalue weighted by molar-refractivity contribution is 7.90. The number of hydrogen-bond acceptors (Lipinski definition) is 7. The maximum Gasteiger partial charge on any atom is 0.228 e. The average molecular weight is 517 g/mol. The number of pyridine rings is 1. The Morgan fingerprint density at radius 2 is 1.95 bits per heavy atom. The van der Waals surface area contributed by atoms with Gasteiger partial charge in [0.2, 0.25) is 5.91 Å². The molecule has 0 aliphatic heterocycles. The Balaban J connectivity index is 1.18. The summed E-state index contributed by atoms with van der Waals surface area (Å²) >= 11 is 0. The Bertz CT molecular complexity index is 1630. The number of fused-ring (bicyclic) bond motifs is 1. The molecule has 0 spiro atoms. The smallest absolute Gasteiger partial charge is 0.228 e. The first-order chi connectivity index (χ1) is 17.7. The van der Waals surface area contributed by atoms with Gasteiger partial charge in [-0.2, -0.15) is 0 Å². The average Bonchev–Trinajstić information content (AvgIpc) is 3.78. The molecule has 0 bridgehead atoms. The monoisotopic (exact) mass is 516 g/mol. The minimum Gasteiger partial charge on any atom is -0.379 e. The van der Waals surface area contributed by atoms with Crippen LogP contribution in [0.4, 0.5) is 11.4 Å². The van der Waals surface area contributed by atoms with Crippen molar-refractivity contribution >= 4 is 32.8 Å². The molecule has 2 saturated carbocycles. The lowest BCUT2D eigenvalue weighted by Gasteiger charge is -2.13. The highest BCUT2D eigenvalue weighted by atomic mass is 32.2. The Morgan fingerprint density at radius 1 is 1.11 bits per heavy atom.